The van der Waals surface area contributed by atoms with Crippen LogP contribution >= 0.6 is 0 Å². The van der Waals surface area contributed by atoms with Crippen LogP contribution in [0.1, 0.15) is 49.2 Å². The van der Waals surface area contributed by atoms with E-state index in [1.165, 1.54) is 11.1 Å². The highest BCUT2D eigenvalue weighted by Gasteiger charge is 2.23. The monoisotopic (exact) mass is 266 g/mol. The van der Waals surface area contributed by atoms with Gasteiger partial charge >= 0.3 is 0 Å². The molecule has 0 aliphatic carbocycles. The summed E-state index contributed by atoms with van der Waals surface area (Å²) in [4.78, 5) is 12.0. The first-order chi connectivity index (χ1) is 9.43. The Hall–Kier alpha value is -1.89. The number of hydrogen-bond acceptors (Lipinski definition) is 1. The molecule has 0 amide bonds. The highest BCUT2D eigenvalue weighted by molar-refractivity contribution is 5.97. The number of ketones is 1. The minimum Gasteiger partial charge on any atom is -0.294 e. The number of carbonyl (C=O) groups excluding carboxylic acids is 1. The largest absolute Gasteiger partial charge is 0.294 e. The summed E-state index contributed by atoms with van der Waals surface area (Å²) in [5.41, 5.74) is 3.25. The van der Waals surface area contributed by atoms with Gasteiger partial charge in [0.1, 0.15) is 0 Å². The van der Waals surface area contributed by atoms with Gasteiger partial charge in [0.25, 0.3) is 0 Å². The Morgan fingerprint density at radius 3 is 1.85 bits per heavy atom. The average molecular weight is 266 g/mol. The smallest absolute Gasteiger partial charge is 0.165 e. The summed E-state index contributed by atoms with van der Waals surface area (Å²) in [6, 6.07) is 18.5. The van der Waals surface area contributed by atoms with Crippen molar-refractivity contribution in [3.8, 4) is 0 Å². The molecule has 0 aliphatic heterocycles. The predicted octanol–water partition coefficient (Wildman–Crippen LogP) is 4.85. The van der Waals surface area contributed by atoms with Crippen molar-refractivity contribution < 1.29 is 4.79 Å². The van der Waals surface area contributed by atoms with Crippen molar-refractivity contribution in [1.82, 2.24) is 0 Å². The molecule has 2 aromatic rings. The lowest BCUT2D eigenvalue weighted by Crippen LogP contribution is -2.19. The predicted molar refractivity (Wildman–Crippen MR) is 84.2 cm³/mol. The summed E-state index contributed by atoms with van der Waals surface area (Å²) >= 11 is 0. The van der Waals surface area contributed by atoms with E-state index in [0.717, 1.165) is 5.56 Å². The topological polar surface area (TPSA) is 17.1 Å². The van der Waals surface area contributed by atoms with Gasteiger partial charge in [-0.3, -0.25) is 4.79 Å². The maximum atomic E-state index is 12.0. The molecule has 0 aliphatic rings. The zero-order valence-electron chi connectivity index (χ0n) is 12.7. The van der Waals surface area contributed by atoms with Gasteiger partial charge in [-0.2, -0.15) is 0 Å². The van der Waals surface area contributed by atoms with Gasteiger partial charge in [0.05, 0.1) is 0 Å². The first-order valence-electron chi connectivity index (χ1n) is 7.13. The van der Waals surface area contributed by atoms with E-state index in [4.69, 9.17) is 0 Å². The van der Waals surface area contributed by atoms with Crippen molar-refractivity contribution >= 4 is 5.78 Å². The van der Waals surface area contributed by atoms with Gasteiger partial charge in [0, 0.05) is 16.9 Å². The lowest BCUT2D eigenvalue weighted by atomic mass is 9.78. The van der Waals surface area contributed by atoms with Crippen LogP contribution in [0.2, 0.25) is 0 Å². The zero-order valence-corrected chi connectivity index (χ0v) is 12.7. The molecule has 0 heterocycles. The highest BCUT2D eigenvalue weighted by atomic mass is 16.1. The Bertz CT molecular complexity index is 577. The number of carbonyl (C=O) groups is 1. The first-order valence-corrected chi connectivity index (χ1v) is 7.13. The molecule has 0 aromatic heterocycles. The summed E-state index contributed by atoms with van der Waals surface area (Å²) in [6.45, 7) is 8.29. The highest BCUT2D eigenvalue weighted by Crippen LogP contribution is 2.31. The van der Waals surface area contributed by atoms with E-state index in [9.17, 15) is 4.79 Å². The molecule has 0 N–H and O–H groups in total. The van der Waals surface area contributed by atoms with Crippen LogP contribution in [0.15, 0.2) is 54.6 Å². The molecule has 0 saturated carbocycles. The van der Waals surface area contributed by atoms with Gasteiger partial charge in [0.2, 0.25) is 0 Å². The van der Waals surface area contributed by atoms with E-state index in [1.54, 1.807) is 0 Å². The van der Waals surface area contributed by atoms with Crippen molar-refractivity contribution in [3.05, 3.63) is 71.3 Å². The van der Waals surface area contributed by atoms with Gasteiger partial charge in [-0.15, -0.1) is 0 Å². The summed E-state index contributed by atoms with van der Waals surface area (Å²) in [7, 11) is 0. The molecule has 0 fully saturated rings. The van der Waals surface area contributed by atoms with Gasteiger partial charge in [0.15, 0.2) is 5.78 Å². The van der Waals surface area contributed by atoms with Crippen LogP contribution in [0.4, 0.5) is 0 Å². The van der Waals surface area contributed by atoms with E-state index >= 15 is 0 Å². The third-order valence-electron chi connectivity index (χ3n) is 3.91. The molecule has 2 rings (SSSR count). The molecule has 0 radical (unpaired) electrons. The van der Waals surface area contributed by atoms with Crippen molar-refractivity contribution in [3.63, 3.8) is 0 Å². The third kappa shape index (κ3) is 2.82. The fourth-order valence-corrected chi connectivity index (χ4v) is 2.41. The lowest BCUT2D eigenvalue weighted by molar-refractivity contribution is 0.0939. The Morgan fingerprint density at radius 2 is 1.35 bits per heavy atom. The fraction of sp³-hybridized carbons (Fsp3) is 0.316. The molecule has 1 nitrogen and oxygen atoms in total. The second-order valence-electron chi connectivity index (χ2n) is 6.09. The van der Waals surface area contributed by atoms with Crippen LogP contribution in [0.3, 0.4) is 0 Å². The van der Waals surface area contributed by atoms with Gasteiger partial charge in [-0.1, -0.05) is 82.3 Å². The number of benzene rings is 2. The number of Topliss-reactive ketones (excluding diaryl/α,β-unsaturated/α-hetero) is 1. The summed E-state index contributed by atoms with van der Waals surface area (Å²) < 4.78 is 0. The van der Waals surface area contributed by atoms with Gasteiger partial charge < -0.3 is 0 Å². The van der Waals surface area contributed by atoms with Crippen molar-refractivity contribution in [2.24, 2.45) is 5.92 Å². The number of hydrogen-bond donors (Lipinski definition) is 0. The molecule has 0 bridgehead atoms. The minimum atomic E-state index is -0.0549. The molecule has 104 valence electrons. The summed E-state index contributed by atoms with van der Waals surface area (Å²) in [5, 5.41) is 0. The van der Waals surface area contributed by atoms with E-state index in [0.29, 0.717) is 0 Å². The summed E-state index contributed by atoms with van der Waals surface area (Å²) in [5.74, 6) is 0.247. The van der Waals surface area contributed by atoms with Crippen molar-refractivity contribution in [1.29, 1.82) is 0 Å². The second-order valence-corrected chi connectivity index (χ2v) is 6.09. The molecule has 0 saturated heterocycles. The van der Waals surface area contributed by atoms with Crippen LogP contribution in [0.25, 0.3) is 0 Å². The molecule has 1 heteroatoms. The Labute approximate surface area is 121 Å². The lowest BCUT2D eigenvalue weighted by Gasteiger charge is -2.26. The minimum absolute atomic E-state index is 0.0444. The SMILES string of the molecule is CC(C)C(=O)c1ccc(C(C)(C)c2ccccc2)cc1. The molecule has 0 unspecified atom stereocenters. The third-order valence-corrected chi connectivity index (χ3v) is 3.91. The van der Waals surface area contributed by atoms with Crippen molar-refractivity contribution in [2.45, 2.75) is 33.1 Å². The first kappa shape index (κ1) is 14.5. The van der Waals surface area contributed by atoms with Crippen LogP contribution < -0.4 is 0 Å². The maximum Gasteiger partial charge on any atom is 0.165 e. The van der Waals surface area contributed by atoms with Crippen LogP contribution in [-0.4, -0.2) is 5.78 Å². The summed E-state index contributed by atoms with van der Waals surface area (Å²) in [6.07, 6.45) is 0. The standard InChI is InChI=1S/C19H22O/c1-14(2)18(20)15-10-12-17(13-11-15)19(3,4)16-8-6-5-7-9-16/h5-14H,1-4H3. The number of rotatable bonds is 4. The van der Waals surface area contributed by atoms with E-state index < -0.39 is 0 Å². The van der Waals surface area contributed by atoms with E-state index in [2.05, 4.69) is 50.2 Å². The normalized spacial score (nSPS) is 11.7. The fourth-order valence-electron chi connectivity index (χ4n) is 2.41. The Morgan fingerprint density at radius 1 is 0.850 bits per heavy atom. The molecular formula is C19H22O. The second kappa shape index (κ2) is 5.62. The maximum absolute atomic E-state index is 12.0. The average Bonchev–Trinajstić information content (AvgIpc) is 2.47. The van der Waals surface area contributed by atoms with E-state index in [-0.39, 0.29) is 17.1 Å². The zero-order chi connectivity index (χ0) is 14.8. The Kier molecular flexibility index (Phi) is 4.08. The molecule has 2 aromatic carbocycles. The molecule has 20 heavy (non-hydrogen) atoms. The molecule has 0 atom stereocenters. The van der Waals surface area contributed by atoms with E-state index in [1.807, 2.05) is 32.0 Å². The Balaban J connectivity index is 2.32. The van der Waals surface area contributed by atoms with Gasteiger partial charge in [-0.25, -0.2) is 0 Å². The van der Waals surface area contributed by atoms with Crippen molar-refractivity contribution in [2.75, 3.05) is 0 Å². The van der Waals surface area contributed by atoms with Gasteiger partial charge in [-0.05, 0) is 11.1 Å². The van der Waals surface area contributed by atoms with Crippen LogP contribution in [-0.2, 0) is 5.41 Å². The molecule has 0 spiro atoms. The quantitative estimate of drug-likeness (QED) is 0.723. The molecular weight excluding hydrogens is 244 g/mol. The van der Waals surface area contributed by atoms with Crippen LogP contribution in [0.5, 0.6) is 0 Å². The van der Waals surface area contributed by atoms with Crippen LogP contribution in [0, 0.1) is 5.92 Å².